The minimum absolute atomic E-state index is 0.0000833. The summed E-state index contributed by atoms with van der Waals surface area (Å²) < 4.78 is 0. The van der Waals surface area contributed by atoms with E-state index in [9.17, 15) is 10.2 Å². The van der Waals surface area contributed by atoms with Crippen molar-refractivity contribution in [1.82, 2.24) is 4.90 Å². The molecule has 26 heavy (non-hydrogen) atoms. The van der Waals surface area contributed by atoms with Crippen molar-refractivity contribution in [3.8, 4) is 11.5 Å². The molecule has 2 aliphatic rings. The largest absolute Gasteiger partial charge is 0.507 e. The minimum atomic E-state index is -0.510. The highest BCUT2D eigenvalue weighted by atomic mass is 16.3. The van der Waals surface area contributed by atoms with Gasteiger partial charge >= 0.3 is 0 Å². The summed E-state index contributed by atoms with van der Waals surface area (Å²) in [5.41, 5.74) is 12.3. The van der Waals surface area contributed by atoms with E-state index in [4.69, 9.17) is 21.5 Å². The maximum atomic E-state index is 11.0. The smallest absolute Gasteiger partial charge is 0.165 e. The van der Waals surface area contributed by atoms with Gasteiger partial charge in [0, 0.05) is 36.3 Å². The molecule has 6 N–H and O–H groups in total. The van der Waals surface area contributed by atoms with E-state index in [0.29, 0.717) is 38.3 Å². The van der Waals surface area contributed by atoms with Crippen molar-refractivity contribution in [2.45, 2.75) is 12.1 Å². The van der Waals surface area contributed by atoms with E-state index in [2.05, 4.69) is 4.90 Å². The van der Waals surface area contributed by atoms with Crippen LogP contribution in [0.4, 0.5) is 11.4 Å². The molecule has 1 spiro atoms. The predicted molar refractivity (Wildman–Crippen MR) is 101 cm³/mol. The van der Waals surface area contributed by atoms with E-state index in [-0.39, 0.29) is 11.5 Å². The third kappa shape index (κ3) is 1.80. The lowest BCUT2D eigenvalue weighted by atomic mass is 9.97. The Hall–Kier alpha value is -3.06. The van der Waals surface area contributed by atoms with Crippen molar-refractivity contribution in [3.63, 3.8) is 0 Å². The molecule has 0 radical (unpaired) electrons. The number of hydrogen-bond acceptors (Lipinski definition) is 7. The molecule has 2 heterocycles. The molecule has 2 aliphatic heterocycles. The van der Waals surface area contributed by atoms with Crippen LogP contribution in [-0.4, -0.2) is 40.9 Å². The zero-order valence-corrected chi connectivity index (χ0v) is 14.3. The SMILES string of the molecule is CN1CCC2(C1)N=c1ccc3c(O)c4c(N)ccc(N)c4c(O)c3c1=N2. The molecule has 132 valence electrons. The predicted octanol–water partition coefficient (Wildman–Crippen LogP) is 0.853. The maximum Gasteiger partial charge on any atom is 0.165 e. The highest BCUT2D eigenvalue weighted by Crippen LogP contribution is 2.45. The summed E-state index contributed by atoms with van der Waals surface area (Å²) >= 11 is 0. The molecule has 1 fully saturated rings. The number of phenolic OH excluding ortho intramolecular Hbond substituents is 2. The average Bonchev–Trinajstić information content (AvgIpc) is 3.15. The van der Waals surface area contributed by atoms with Crippen molar-refractivity contribution < 1.29 is 10.2 Å². The molecule has 1 atom stereocenters. The van der Waals surface area contributed by atoms with E-state index in [1.165, 1.54) is 0 Å². The van der Waals surface area contributed by atoms with Crippen LogP contribution in [0.25, 0.3) is 21.5 Å². The van der Waals surface area contributed by atoms with Crippen molar-refractivity contribution in [1.29, 1.82) is 0 Å². The molecule has 0 saturated carbocycles. The third-order valence-corrected chi connectivity index (χ3v) is 5.46. The van der Waals surface area contributed by atoms with Crippen LogP contribution in [0.2, 0.25) is 0 Å². The van der Waals surface area contributed by atoms with Gasteiger partial charge in [0.2, 0.25) is 0 Å². The Morgan fingerprint density at radius 3 is 2.31 bits per heavy atom. The van der Waals surface area contributed by atoms with Crippen LogP contribution < -0.4 is 22.2 Å². The van der Waals surface area contributed by atoms with Crippen LogP contribution in [0.15, 0.2) is 34.3 Å². The normalized spacial score (nSPS) is 22.0. The first-order chi connectivity index (χ1) is 12.4. The zero-order valence-electron chi connectivity index (χ0n) is 14.3. The summed E-state index contributed by atoms with van der Waals surface area (Å²) in [5.74, 6) is -0.0168. The molecule has 7 nitrogen and oxygen atoms in total. The summed E-state index contributed by atoms with van der Waals surface area (Å²) in [5, 5.41) is 24.9. The quantitative estimate of drug-likeness (QED) is 0.272. The Morgan fingerprint density at radius 1 is 0.962 bits per heavy atom. The highest BCUT2D eigenvalue weighted by Gasteiger charge is 2.38. The molecule has 1 saturated heterocycles. The summed E-state index contributed by atoms with van der Waals surface area (Å²) in [6.45, 7) is 1.65. The van der Waals surface area contributed by atoms with Crippen LogP contribution in [0.5, 0.6) is 11.5 Å². The molecule has 1 unspecified atom stereocenters. The number of nitrogens with zero attached hydrogens (tertiary/aromatic N) is 3. The fraction of sp³-hybridized carbons (Fsp3) is 0.263. The first kappa shape index (κ1) is 15.2. The van der Waals surface area contributed by atoms with Crippen LogP contribution in [0.1, 0.15) is 6.42 Å². The molecule has 0 aromatic heterocycles. The van der Waals surface area contributed by atoms with Gasteiger partial charge in [-0.1, -0.05) is 0 Å². The van der Waals surface area contributed by atoms with E-state index in [0.717, 1.165) is 24.9 Å². The molecule has 0 amide bonds. The number of benzene rings is 3. The Kier molecular flexibility index (Phi) is 2.79. The second kappa shape index (κ2) is 4.76. The van der Waals surface area contributed by atoms with Crippen molar-refractivity contribution >= 4 is 32.9 Å². The molecule has 3 aromatic rings. The number of hydrogen-bond donors (Lipinski definition) is 4. The average molecular weight is 349 g/mol. The lowest BCUT2D eigenvalue weighted by Crippen LogP contribution is -2.27. The van der Waals surface area contributed by atoms with E-state index in [1.807, 2.05) is 13.1 Å². The molecule has 0 aliphatic carbocycles. The number of anilines is 2. The van der Waals surface area contributed by atoms with Crippen LogP contribution >= 0.6 is 0 Å². The lowest BCUT2D eigenvalue weighted by molar-refractivity contribution is 0.375. The summed E-state index contributed by atoms with van der Waals surface area (Å²) in [7, 11) is 2.04. The Bertz CT molecular complexity index is 1240. The van der Waals surface area contributed by atoms with E-state index >= 15 is 0 Å². The standard InChI is InChI=1S/C19H19N5O2/c1-24-7-6-19(8-24)22-12-5-2-9-13(16(12)23-19)18(26)15-11(21)4-3-10(20)14(15)17(9)25/h2-5,25-26H,6-8,20-21H2,1H3. The van der Waals surface area contributed by atoms with Gasteiger partial charge in [-0.05, 0) is 31.3 Å². The summed E-state index contributed by atoms with van der Waals surface area (Å²) in [6, 6.07) is 6.84. The minimum Gasteiger partial charge on any atom is -0.507 e. The number of aromatic hydroxyl groups is 2. The van der Waals surface area contributed by atoms with Gasteiger partial charge in [-0.25, -0.2) is 0 Å². The number of likely N-dealkylation sites (N-methyl/N-ethyl adjacent to an activating group) is 1. The topological polar surface area (TPSA) is 120 Å². The van der Waals surface area contributed by atoms with Gasteiger partial charge in [0.25, 0.3) is 0 Å². The first-order valence-corrected chi connectivity index (χ1v) is 8.53. The maximum absolute atomic E-state index is 11.0. The second-order valence-electron chi connectivity index (χ2n) is 7.24. The van der Waals surface area contributed by atoms with Crippen LogP contribution in [0.3, 0.4) is 0 Å². The van der Waals surface area contributed by atoms with E-state index in [1.54, 1.807) is 18.2 Å². The molecule has 3 aromatic carbocycles. The number of nitrogen functional groups attached to an aromatic ring is 2. The number of likely N-dealkylation sites (tertiary alicyclic amines) is 1. The summed E-state index contributed by atoms with van der Waals surface area (Å²) in [4.78, 5) is 11.9. The second-order valence-corrected chi connectivity index (χ2v) is 7.24. The van der Waals surface area contributed by atoms with Crippen molar-refractivity contribution in [3.05, 3.63) is 35.0 Å². The number of fused-ring (bicyclic) bond motifs is 4. The van der Waals surface area contributed by atoms with Gasteiger partial charge in [-0.2, -0.15) is 0 Å². The third-order valence-electron chi connectivity index (χ3n) is 5.46. The van der Waals surface area contributed by atoms with Gasteiger partial charge < -0.3 is 26.6 Å². The first-order valence-electron chi connectivity index (χ1n) is 8.53. The van der Waals surface area contributed by atoms with Crippen molar-refractivity contribution in [2.75, 3.05) is 31.6 Å². The van der Waals surface area contributed by atoms with Gasteiger partial charge in [-0.3, -0.25) is 9.98 Å². The monoisotopic (exact) mass is 349 g/mol. The summed E-state index contributed by atoms with van der Waals surface area (Å²) in [6.07, 6.45) is 0.828. The number of nitrogens with two attached hydrogens (primary N) is 2. The number of rotatable bonds is 0. The lowest BCUT2D eigenvalue weighted by Gasteiger charge is -2.15. The van der Waals surface area contributed by atoms with Crippen LogP contribution in [-0.2, 0) is 0 Å². The molecular weight excluding hydrogens is 330 g/mol. The zero-order chi connectivity index (χ0) is 18.2. The van der Waals surface area contributed by atoms with Gasteiger partial charge in [0.05, 0.1) is 26.9 Å². The molecular formula is C19H19N5O2. The van der Waals surface area contributed by atoms with E-state index < -0.39 is 5.66 Å². The van der Waals surface area contributed by atoms with Crippen LogP contribution in [0, 0.1) is 0 Å². The Labute approximate surface area is 148 Å². The van der Waals surface area contributed by atoms with Gasteiger partial charge in [0.1, 0.15) is 11.5 Å². The van der Waals surface area contributed by atoms with Gasteiger partial charge in [0.15, 0.2) is 5.66 Å². The fourth-order valence-electron chi connectivity index (χ4n) is 4.23. The molecule has 5 rings (SSSR count). The molecule has 7 heteroatoms. The van der Waals surface area contributed by atoms with Crippen molar-refractivity contribution in [2.24, 2.45) is 9.98 Å². The highest BCUT2D eigenvalue weighted by molar-refractivity contribution is 6.17. The fourth-order valence-corrected chi connectivity index (χ4v) is 4.23. The Balaban J connectivity index is 1.97. The van der Waals surface area contributed by atoms with Gasteiger partial charge in [-0.15, -0.1) is 0 Å². The number of phenols is 2. The Morgan fingerprint density at radius 2 is 1.65 bits per heavy atom. The molecule has 0 bridgehead atoms.